The molecule has 0 bridgehead atoms. The summed E-state index contributed by atoms with van der Waals surface area (Å²) >= 11 is 0. The molecular formula is C20H43N. The van der Waals surface area contributed by atoms with Crippen LogP contribution in [0.25, 0.3) is 0 Å². The summed E-state index contributed by atoms with van der Waals surface area (Å²) in [4.78, 5) is 0. The van der Waals surface area contributed by atoms with Crippen LogP contribution in [0.15, 0.2) is 0 Å². The fraction of sp³-hybridized carbons (Fsp3) is 1.00. The molecular weight excluding hydrogens is 254 g/mol. The number of hydrogen-bond acceptors (Lipinski definition) is 1. The Morgan fingerprint density at radius 3 is 1.43 bits per heavy atom. The number of nitrogens with one attached hydrogen (secondary N) is 1. The van der Waals surface area contributed by atoms with Gasteiger partial charge < -0.3 is 5.32 Å². The van der Waals surface area contributed by atoms with Crippen LogP contribution >= 0.6 is 0 Å². The Labute approximate surface area is 135 Å². The maximum Gasteiger partial charge on any atom is 0.00669 e. The highest BCUT2D eigenvalue weighted by Crippen LogP contribution is 2.14. The summed E-state index contributed by atoms with van der Waals surface area (Å²) in [5.74, 6) is 0. The van der Waals surface area contributed by atoms with Gasteiger partial charge in [-0.1, -0.05) is 104 Å². The molecule has 1 unspecified atom stereocenters. The van der Waals surface area contributed by atoms with Gasteiger partial charge in [0.1, 0.15) is 0 Å². The van der Waals surface area contributed by atoms with Gasteiger partial charge in [-0.25, -0.2) is 0 Å². The highest BCUT2D eigenvalue weighted by molar-refractivity contribution is 4.66. The molecule has 0 fully saturated rings. The van der Waals surface area contributed by atoms with Gasteiger partial charge in [-0.3, -0.25) is 0 Å². The Balaban J connectivity index is 3.25. The maximum absolute atomic E-state index is 3.65. The summed E-state index contributed by atoms with van der Waals surface area (Å²) in [6, 6.07) is 0.786. The van der Waals surface area contributed by atoms with Crippen molar-refractivity contribution in [3.05, 3.63) is 0 Å². The molecule has 0 amide bonds. The van der Waals surface area contributed by atoms with Gasteiger partial charge in [-0.05, 0) is 19.4 Å². The largest absolute Gasteiger partial charge is 0.314 e. The van der Waals surface area contributed by atoms with Crippen LogP contribution in [0, 0.1) is 0 Å². The first-order chi connectivity index (χ1) is 10.3. The molecule has 0 aliphatic heterocycles. The van der Waals surface area contributed by atoms with E-state index in [1.165, 1.54) is 96.3 Å². The smallest absolute Gasteiger partial charge is 0.00669 e. The van der Waals surface area contributed by atoms with Crippen molar-refractivity contribution in [3.63, 3.8) is 0 Å². The minimum Gasteiger partial charge on any atom is -0.314 e. The molecule has 0 saturated carbocycles. The summed E-state index contributed by atoms with van der Waals surface area (Å²) in [6.45, 7) is 7.96. The number of unbranched alkanes of at least 4 members (excludes halogenated alkanes) is 11. The van der Waals surface area contributed by atoms with Crippen LogP contribution in [-0.4, -0.2) is 12.6 Å². The van der Waals surface area contributed by atoms with Crippen LogP contribution in [0.2, 0.25) is 0 Å². The van der Waals surface area contributed by atoms with Crippen LogP contribution in [0.4, 0.5) is 0 Å². The second-order valence-electron chi connectivity index (χ2n) is 6.72. The molecule has 0 heterocycles. The van der Waals surface area contributed by atoms with Crippen molar-refractivity contribution in [1.29, 1.82) is 0 Å². The van der Waals surface area contributed by atoms with E-state index in [1.54, 1.807) is 0 Å². The molecule has 0 aromatic carbocycles. The van der Waals surface area contributed by atoms with E-state index in [9.17, 15) is 0 Å². The molecule has 128 valence electrons. The molecule has 0 aliphatic rings. The first-order valence-corrected chi connectivity index (χ1v) is 10.1. The SMILES string of the molecule is CCCCCCCCCCCCCC(CCCC)NCC. The third-order valence-electron chi connectivity index (χ3n) is 4.56. The van der Waals surface area contributed by atoms with Crippen LogP contribution in [0.1, 0.15) is 117 Å². The topological polar surface area (TPSA) is 12.0 Å². The number of hydrogen-bond donors (Lipinski definition) is 1. The average Bonchev–Trinajstić information content (AvgIpc) is 2.50. The van der Waals surface area contributed by atoms with Gasteiger partial charge in [-0.2, -0.15) is 0 Å². The first kappa shape index (κ1) is 21.0. The zero-order chi connectivity index (χ0) is 15.6. The number of rotatable bonds is 17. The average molecular weight is 298 g/mol. The predicted octanol–water partition coefficient (Wildman–Crippen LogP) is 6.86. The van der Waals surface area contributed by atoms with E-state index in [0.717, 1.165) is 12.6 Å². The standard InChI is InChI=1S/C20H43N/c1-4-7-9-10-11-12-13-14-15-16-17-19-20(21-6-3)18-8-5-2/h20-21H,4-19H2,1-3H3. The van der Waals surface area contributed by atoms with Crippen LogP contribution < -0.4 is 5.32 Å². The van der Waals surface area contributed by atoms with E-state index in [-0.39, 0.29) is 0 Å². The van der Waals surface area contributed by atoms with Gasteiger partial charge in [0, 0.05) is 6.04 Å². The zero-order valence-corrected chi connectivity index (χ0v) is 15.4. The zero-order valence-electron chi connectivity index (χ0n) is 15.4. The van der Waals surface area contributed by atoms with Crippen LogP contribution in [0.5, 0.6) is 0 Å². The van der Waals surface area contributed by atoms with Gasteiger partial charge in [-0.15, -0.1) is 0 Å². The molecule has 0 rings (SSSR count). The van der Waals surface area contributed by atoms with Crippen molar-refractivity contribution >= 4 is 0 Å². The van der Waals surface area contributed by atoms with Crippen molar-refractivity contribution in [1.82, 2.24) is 5.32 Å². The van der Waals surface area contributed by atoms with E-state index in [0.29, 0.717) is 0 Å². The Kier molecular flexibility index (Phi) is 18.0. The Morgan fingerprint density at radius 2 is 0.952 bits per heavy atom. The van der Waals surface area contributed by atoms with Gasteiger partial charge in [0.15, 0.2) is 0 Å². The molecule has 0 radical (unpaired) electrons. The third kappa shape index (κ3) is 16.2. The Morgan fingerprint density at radius 1 is 0.524 bits per heavy atom. The van der Waals surface area contributed by atoms with Crippen molar-refractivity contribution < 1.29 is 0 Å². The van der Waals surface area contributed by atoms with Gasteiger partial charge in [0.25, 0.3) is 0 Å². The van der Waals surface area contributed by atoms with Crippen molar-refractivity contribution in [3.8, 4) is 0 Å². The van der Waals surface area contributed by atoms with Gasteiger partial charge >= 0.3 is 0 Å². The third-order valence-corrected chi connectivity index (χ3v) is 4.56. The molecule has 1 heteroatoms. The lowest BCUT2D eigenvalue weighted by Gasteiger charge is -2.17. The molecule has 21 heavy (non-hydrogen) atoms. The highest BCUT2D eigenvalue weighted by atomic mass is 14.9. The lowest BCUT2D eigenvalue weighted by Crippen LogP contribution is -2.28. The van der Waals surface area contributed by atoms with Crippen LogP contribution in [0.3, 0.4) is 0 Å². The molecule has 1 nitrogen and oxygen atoms in total. The normalized spacial score (nSPS) is 12.7. The van der Waals surface area contributed by atoms with Crippen molar-refractivity contribution in [2.45, 2.75) is 123 Å². The minimum absolute atomic E-state index is 0.786. The summed E-state index contributed by atoms with van der Waals surface area (Å²) in [5.41, 5.74) is 0. The quantitative estimate of drug-likeness (QED) is 0.289. The second kappa shape index (κ2) is 18.0. The van der Waals surface area contributed by atoms with Crippen molar-refractivity contribution in [2.75, 3.05) is 6.54 Å². The van der Waals surface area contributed by atoms with Crippen LogP contribution in [-0.2, 0) is 0 Å². The maximum atomic E-state index is 3.65. The summed E-state index contributed by atoms with van der Waals surface area (Å²) in [7, 11) is 0. The first-order valence-electron chi connectivity index (χ1n) is 10.1. The minimum atomic E-state index is 0.786. The molecule has 0 aromatic rings. The predicted molar refractivity (Wildman–Crippen MR) is 98.1 cm³/mol. The summed E-state index contributed by atoms with van der Waals surface area (Å²) in [6.07, 6.45) is 21.4. The van der Waals surface area contributed by atoms with E-state index < -0.39 is 0 Å². The molecule has 0 aromatic heterocycles. The fourth-order valence-corrected chi connectivity index (χ4v) is 3.14. The van der Waals surface area contributed by atoms with Crippen molar-refractivity contribution in [2.24, 2.45) is 0 Å². The lowest BCUT2D eigenvalue weighted by molar-refractivity contribution is 0.426. The molecule has 1 atom stereocenters. The van der Waals surface area contributed by atoms with E-state index in [4.69, 9.17) is 0 Å². The van der Waals surface area contributed by atoms with E-state index >= 15 is 0 Å². The summed E-state index contributed by atoms with van der Waals surface area (Å²) < 4.78 is 0. The summed E-state index contributed by atoms with van der Waals surface area (Å²) in [5, 5.41) is 3.65. The van der Waals surface area contributed by atoms with Gasteiger partial charge in [0.05, 0.1) is 0 Å². The van der Waals surface area contributed by atoms with E-state index in [1.807, 2.05) is 0 Å². The lowest BCUT2D eigenvalue weighted by atomic mass is 10.0. The Bertz CT molecular complexity index is 179. The van der Waals surface area contributed by atoms with Gasteiger partial charge in [0.2, 0.25) is 0 Å². The molecule has 0 aliphatic carbocycles. The fourth-order valence-electron chi connectivity index (χ4n) is 3.14. The monoisotopic (exact) mass is 297 g/mol. The molecule has 0 saturated heterocycles. The molecule has 1 N–H and O–H groups in total. The van der Waals surface area contributed by atoms with E-state index in [2.05, 4.69) is 26.1 Å². The Hall–Kier alpha value is -0.0400. The highest BCUT2D eigenvalue weighted by Gasteiger charge is 2.05. The molecule has 0 spiro atoms. The second-order valence-corrected chi connectivity index (χ2v) is 6.72.